The van der Waals surface area contributed by atoms with Gasteiger partial charge in [0, 0.05) is 11.1 Å². The SMILES string of the molecule is CCCCCCCCCCOc1ccc(/C(=N/O)c2ccc(OC)cc2)cc1. The third-order valence-electron chi connectivity index (χ3n) is 4.86. The Balaban J connectivity index is 1.76. The summed E-state index contributed by atoms with van der Waals surface area (Å²) >= 11 is 0. The summed E-state index contributed by atoms with van der Waals surface area (Å²) in [6.45, 7) is 2.99. The zero-order chi connectivity index (χ0) is 20.0. The van der Waals surface area contributed by atoms with Gasteiger partial charge in [-0.05, 0) is 55.0 Å². The summed E-state index contributed by atoms with van der Waals surface area (Å²) in [5.41, 5.74) is 2.19. The maximum Gasteiger partial charge on any atom is 0.119 e. The maximum absolute atomic E-state index is 9.45. The Bertz CT molecular complexity index is 693. The minimum Gasteiger partial charge on any atom is -0.497 e. The molecule has 0 aliphatic heterocycles. The van der Waals surface area contributed by atoms with Crippen molar-refractivity contribution in [2.24, 2.45) is 5.16 Å². The van der Waals surface area contributed by atoms with E-state index in [0.717, 1.165) is 35.7 Å². The highest BCUT2D eigenvalue weighted by molar-refractivity contribution is 6.12. The van der Waals surface area contributed by atoms with E-state index >= 15 is 0 Å². The molecule has 0 aliphatic rings. The molecule has 0 aromatic heterocycles. The summed E-state index contributed by atoms with van der Waals surface area (Å²) in [4.78, 5) is 0. The van der Waals surface area contributed by atoms with Crippen LogP contribution in [0.2, 0.25) is 0 Å². The van der Waals surface area contributed by atoms with Gasteiger partial charge < -0.3 is 14.7 Å². The quantitative estimate of drug-likeness (QED) is 0.187. The summed E-state index contributed by atoms with van der Waals surface area (Å²) in [6.07, 6.45) is 10.3. The van der Waals surface area contributed by atoms with Crippen LogP contribution in [0.3, 0.4) is 0 Å². The molecule has 0 saturated heterocycles. The molecular formula is C24H33NO3. The number of hydrogen-bond acceptors (Lipinski definition) is 4. The average Bonchev–Trinajstić information content (AvgIpc) is 2.74. The third kappa shape index (κ3) is 7.26. The fourth-order valence-corrected chi connectivity index (χ4v) is 3.17. The fourth-order valence-electron chi connectivity index (χ4n) is 3.17. The predicted molar refractivity (Wildman–Crippen MR) is 115 cm³/mol. The van der Waals surface area contributed by atoms with Gasteiger partial charge in [-0.25, -0.2) is 0 Å². The van der Waals surface area contributed by atoms with Crippen molar-refractivity contribution in [3.8, 4) is 11.5 Å². The first-order chi connectivity index (χ1) is 13.8. The van der Waals surface area contributed by atoms with Gasteiger partial charge in [0.05, 0.1) is 13.7 Å². The van der Waals surface area contributed by atoms with Gasteiger partial charge in [-0.15, -0.1) is 0 Å². The normalized spacial score (nSPS) is 11.4. The number of methoxy groups -OCH3 is 1. The lowest BCUT2D eigenvalue weighted by molar-refractivity contribution is 0.304. The molecule has 4 nitrogen and oxygen atoms in total. The molecular weight excluding hydrogens is 350 g/mol. The molecule has 0 fully saturated rings. The van der Waals surface area contributed by atoms with E-state index in [1.807, 2.05) is 48.5 Å². The Labute approximate surface area is 169 Å². The van der Waals surface area contributed by atoms with Crippen molar-refractivity contribution in [3.05, 3.63) is 59.7 Å². The highest BCUT2D eigenvalue weighted by Gasteiger charge is 2.08. The fraction of sp³-hybridized carbons (Fsp3) is 0.458. The molecule has 0 spiro atoms. The average molecular weight is 384 g/mol. The van der Waals surface area contributed by atoms with Gasteiger partial charge in [0.1, 0.15) is 17.2 Å². The van der Waals surface area contributed by atoms with Crippen LogP contribution in [0, 0.1) is 0 Å². The van der Waals surface area contributed by atoms with E-state index < -0.39 is 0 Å². The number of nitrogens with zero attached hydrogens (tertiary/aromatic N) is 1. The minimum absolute atomic E-state index is 0.525. The summed E-state index contributed by atoms with van der Waals surface area (Å²) in [5, 5.41) is 12.9. The number of hydrogen-bond donors (Lipinski definition) is 1. The topological polar surface area (TPSA) is 51.0 Å². The van der Waals surface area contributed by atoms with Crippen molar-refractivity contribution in [1.82, 2.24) is 0 Å². The van der Waals surface area contributed by atoms with Crippen LogP contribution in [0.1, 0.15) is 69.4 Å². The standard InChI is InChI=1S/C24H33NO3/c1-3-4-5-6-7-8-9-10-19-28-23-17-13-21(14-18-23)24(25-26)20-11-15-22(27-2)16-12-20/h11-18,26H,3-10,19H2,1-2H3/b25-24+. The zero-order valence-corrected chi connectivity index (χ0v) is 17.2. The van der Waals surface area contributed by atoms with E-state index in [9.17, 15) is 5.21 Å². The van der Waals surface area contributed by atoms with Crippen molar-refractivity contribution >= 4 is 5.71 Å². The Morgan fingerprint density at radius 3 is 1.75 bits per heavy atom. The molecule has 2 aromatic rings. The Kier molecular flexibility index (Phi) is 9.98. The number of benzene rings is 2. The molecule has 0 saturated carbocycles. The molecule has 4 heteroatoms. The molecule has 152 valence electrons. The summed E-state index contributed by atoms with van der Waals surface area (Å²) in [6, 6.07) is 15.1. The Morgan fingerprint density at radius 2 is 1.25 bits per heavy atom. The monoisotopic (exact) mass is 383 g/mol. The second kappa shape index (κ2) is 12.8. The zero-order valence-electron chi connectivity index (χ0n) is 17.2. The molecule has 2 rings (SSSR count). The molecule has 0 amide bonds. The van der Waals surface area contributed by atoms with Gasteiger partial charge in [-0.1, -0.05) is 57.0 Å². The minimum atomic E-state index is 0.525. The summed E-state index contributed by atoms with van der Waals surface area (Å²) < 4.78 is 11.0. The third-order valence-corrected chi connectivity index (χ3v) is 4.86. The smallest absolute Gasteiger partial charge is 0.119 e. The van der Waals surface area contributed by atoms with E-state index in [0.29, 0.717) is 5.71 Å². The second-order valence-corrected chi connectivity index (χ2v) is 7.02. The molecule has 0 radical (unpaired) electrons. The van der Waals surface area contributed by atoms with Crippen LogP contribution in [-0.4, -0.2) is 24.6 Å². The van der Waals surface area contributed by atoms with Crippen molar-refractivity contribution in [2.45, 2.75) is 58.3 Å². The van der Waals surface area contributed by atoms with Crippen LogP contribution in [0.25, 0.3) is 0 Å². The van der Waals surface area contributed by atoms with E-state index in [2.05, 4.69) is 12.1 Å². The molecule has 0 unspecified atom stereocenters. The summed E-state index contributed by atoms with van der Waals surface area (Å²) in [7, 11) is 1.63. The number of unbranched alkanes of at least 4 members (excludes halogenated alkanes) is 7. The first-order valence-electron chi connectivity index (χ1n) is 10.4. The molecule has 0 atom stereocenters. The van der Waals surface area contributed by atoms with Crippen LogP contribution in [-0.2, 0) is 0 Å². The van der Waals surface area contributed by atoms with Crippen LogP contribution in [0.5, 0.6) is 11.5 Å². The molecule has 0 aliphatic carbocycles. The maximum atomic E-state index is 9.45. The lowest BCUT2D eigenvalue weighted by atomic mass is 10.0. The lowest BCUT2D eigenvalue weighted by Crippen LogP contribution is -2.04. The first kappa shape index (κ1) is 21.8. The molecule has 1 N–H and O–H groups in total. The number of rotatable bonds is 13. The van der Waals surface area contributed by atoms with Crippen molar-refractivity contribution in [2.75, 3.05) is 13.7 Å². The van der Waals surface area contributed by atoms with Crippen LogP contribution < -0.4 is 9.47 Å². The Hall–Kier alpha value is -2.49. The highest BCUT2D eigenvalue weighted by Crippen LogP contribution is 2.19. The van der Waals surface area contributed by atoms with E-state index in [1.165, 1.54) is 44.9 Å². The van der Waals surface area contributed by atoms with Gasteiger partial charge in [-0.3, -0.25) is 0 Å². The first-order valence-corrected chi connectivity index (χ1v) is 10.4. The van der Waals surface area contributed by atoms with E-state index in [-0.39, 0.29) is 0 Å². The predicted octanol–water partition coefficient (Wildman–Crippen LogP) is 6.44. The van der Waals surface area contributed by atoms with E-state index in [1.54, 1.807) is 7.11 Å². The van der Waals surface area contributed by atoms with Gasteiger partial charge >= 0.3 is 0 Å². The van der Waals surface area contributed by atoms with Crippen molar-refractivity contribution in [1.29, 1.82) is 0 Å². The largest absolute Gasteiger partial charge is 0.497 e. The van der Waals surface area contributed by atoms with Crippen molar-refractivity contribution < 1.29 is 14.7 Å². The Morgan fingerprint density at radius 1 is 0.750 bits per heavy atom. The van der Waals surface area contributed by atoms with Gasteiger partial charge in [-0.2, -0.15) is 0 Å². The van der Waals surface area contributed by atoms with Crippen LogP contribution >= 0.6 is 0 Å². The number of oxime groups is 1. The highest BCUT2D eigenvalue weighted by atomic mass is 16.5. The van der Waals surface area contributed by atoms with Gasteiger partial charge in [0.25, 0.3) is 0 Å². The molecule has 0 heterocycles. The van der Waals surface area contributed by atoms with Crippen LogP contribution in [0.4, 0.5) is 0 Å². The van der Waals surface area contributed by atoms with E-state index in [4.69, 9.17) is 9.47 Å². The molecule has 28 heavy (non-hydrogen) atoms. The van der Waals surface area contributed by atoms with Crippen molar-refractivity contribution in [3.63, 3.8) is 0 Å². The van der Waals surface area contributed by atoms with Crippen LogP contribution in [0.15, 0.2) is 53.7 Å². The molecule has 2 aromatic carbocycles. The number of ether oxygens (including phenoxy) is 2. The van der Waals surface area contributed by atoms with Gasteiger partial charge in [0.2, 0.25) is 0 Å². The van der Waals surface area contributed by atoms with Gasteiger partial charge in [0.15, 0.2) is 0 Å². The second-order valence-electron chi connectivity index (χ2n) is 7.02. The lowest BCUT2D eigenvalue weighted by Gasteiger charge is -2.09. The molecule has 0 bridgehead atoms. The summed E-state index contributed by atoms with van der Waals surface area (Å²) in [5.74, 6) is 1.62.